The van der Waals surface area contributed by atoms with Crippen molar-refractivity contribution in [1.82, 2.24) is 15.2 Å². The van der Waals surface area contributed by atoms with Crippen molar-refractivity contribution in [2.75, 3.05) is 16.8 Å². The number of carbonyl (C=O) groups excluding carboxylic acids is 1. The van der Waals surface area contributed by atoms with Crippen molar-refractivity contribution in [3.8, 4) is 0 Å². The monoisotopic (exact) mass is 258 g/mol. The molecule has 1 saturated heterocycles. The molecule has 0 bridgehead atoms. The molecule has 0 radical (unpaired) electrons. The van der Waals surface area contributed by atoms with Crippen LogP contribution in [0.5, 0.6) is 0 Å². The quantitative estimate of drug-likeness (QED) is 0.801. The van der Waals surface area contributed by atoms with E-state index in [0.717, 1.165) is 11.2 Å². The molecule has 1 unspecified atom stereocenters. The fourth-order valence-electron chi connectivity index (χ4n) is 1.53. The van der Waals surface area contributed by atoms with Gasteiger partial charge in [0.05, 0.1) is 0 Å². The number of nitrogens with zero attached hydrogens (tertiary/aromatic N) is 3. The topological polar surface area (TPSA) is 61.9 Å². The fourth-order valence-corrected chi connectivity index (χ4v) is 1.96. The van der Waals surface area contributed by atoms with Crippen molar-refractivity contribution in [3.05, 3.63) is 5.82 Å². The van der Waals surface area contributed by atoms with Crippen molar-refractivity contribution in [2.45, 2.75) is 13.3 Å². The minimum atomic E-state index is 0.105. The number of alkyl halides is 1. The Morgan fingerprint density at radius 2 is 2.50 bits per heavy atom. The van der Waals surface area contributed by atoms with Gasteiger partial charge in [0.15, 0.2) is 0 Å². The Morgan fingerprint density at radius 1 is 1.71 bits per heavy atom. The van der Waals surface area contributed by atoms with Gasteiger partial charge < -0.3 is 0 Å². The number of aromatic nitrogens is 3. The number of carbonyl (C=O) groups is 1. The first kappa shape index (κ1) is 9.64. The summed E-state index contributed by atoms with van der Waals surface area (Å²) in [6, 6.07) is 0. The Hall–Kier alpha value is -0.910. The van der Waals surface area contributed by atoms with Crippen molar-refractivity contribution in [3.63, 3.8) is 0 Å². The molecule has 1 fully saturated rings. The molecule has 1 amide bonds. The SMILES string of the molecule is Cc1nc(N2CC(CBr)CC2=O)n[nH]1. The van der Waals surface area contributed by atoms with Crippen LogP contribution < -0.4 is 4.90 Å². The largest absolute Gasteiger partial charge is 0.279 e. The van der Waals surface area contributed by atoms with Crippen molar-refractivity contribution >= 4 is 27.8 Å². The molecule has 1 atom stereocenters. The third-order valence-electron chi connectivity index (χ3n) is 2.25. The van der Waals surface area contributed by atoms with E-state index in [4.69, 9.17) is 0 Å². The molecule has 1 N–H and O–H groups in total. The maximum atomic E-state index is 11.6. The third kappa shape index (κ3) is 1.66. The highest BCUT2D eigenvalue weighted by Crippen LogP contribution is 2.23. The lowest BCUT2D eigenvalue weighted by Gasteiger charge is -2.10. The number of amides is 1. The molecule has 0 aromatic carbocycles. The van der Waals surface area contributed by atoms with Crippen LogP contribution in [-0.2, 0) is 4.79 Å². The highest BCUT2D eigenvalue weighted by molar-refractivity contribution is 9.09. The smallest absolute Gasteiger partial charge is 0.251 e. The molecule has 0 saturated carbocycles. The van der Waals surface area contributed by atoms with E-state index >= 15 is 0 Å². The van der Waals surface area contributed by atoms with Gasteiger partial charge in [0.25, 0.3) is 5.95 Å². The molecule has 76 valence electrons. The van der Waals surface area contributed by atoms with Gasteiger partial charge in [0, 0.05) is 18.3 Å². The van der Waals surface area contributed by atoms with E-state index < -0.39 is 0 Å². The van der Waals surface area contributed by atoms with Crippen LogP contribution in [0.3, 0.4) is 0 Å². The average molecular weight is 259 g/mol. The van der Waals surface area contributed by atoms with E-state index in [2.05, 4.69) is 31.1 Å². The second-order valence-corrected chi connectivity index (χ2v) is 4.10. The molecule has 0 spiro atoms. The first-order valence-corrected chi connectivity index (χ1v) is 5.58. The number of nitrogens with one attached hydrogen (secondary N) is 1. The molecule has 2 rings (SSSR count). The number of hydrogen-bond donors (Lipinski definition) is 1. The van der Waals surface area contributed by atoms with Gasteiger partial charge in [-0.3, -0.25) is 14.8 Å². The number of hydrogen-bond acceptors (Lipinski definition) is 3. The summed E-state index contributed by atoms with van der Waals surface area (Å²) in [5.41, 5.74) is 0. The van der Waals surface area contributed by atoms with Gasteiger partial charge in [-0.05, 0) is 12.8 Å². The minimum Gasteiger partial charge on any atom is -0.279 e. The summed E-state index contributed by atoms with van der Waals surface area (Å²) in [5, 5.41) is 7.55. The molecule has 14 heavy (non-hydrogen) atoms. The summed E-state index contributed by atoms with van der Waals surface area (Å²) in [6.45, 7) is 2.53. The lowest BCUT2D eigenvalue weighted by Crippen LogP contribution is -2.25. The van der Waals surface area contributed by atoms with Gasteiger partial charge in [-0.2, -0.15) is 4.98 Å². The summed E-state index contributed by atoms with van der Waals surface area (Å²) in [4.78, 5) is 17.3. The normalized spacial score (nSPS) is 22.0. The van der Waals surface area contributed by atoms with Gasteiger partial charge in [-0.15, -0.1) is 5.10 Å². The van der Waals surface area contributed by atoms with Crippen LogP contribution in [0.25, 0.3) is 0 Å². The molecule has 1 aromatic heterocycles. The van der Waals surface area contributed by atoms with Crippen LogP contribution in [0.4, 0.5) is 5.95 Å². The Bertz CT molecular complexity index is 351. The molecule has 6 heteroatoms. The van der Waals surface area contributed by atoms with Crippen LogP contribution >= 0.6 is 15.9 Å². The number of aryl methyl sites for hydroxylation is 1. The Balaban J connectivity index is 2.16. The first-order chi connectivity index (χ1) is 6.70. The molecule has 2 heterocycles. The van der Waals surface area contributed by atoms with Gasteiger partial charge in [-0.25, -0.2) is 0 Å². The second kappa shape index (κ2) is 3.68. The van der Waals surface area contributed by atoms with Gasteiger partial charge in [0.2, 0.25) is 5.91 Å². The summed E-state index contributed by atoms with van der Waals surface area (Å²) in [5.74, 6) is 1.71. The summed E-state index contributed by atoms with van der Waals surface area (Å²) >= 11 is 3.38. The standard InChI is InChI=1S/C8H11BrN4O/c1-5-10-8(12-11-5)13-4-6(3-9)2-7(13)14/h6H,2-4H2,1H3,(H,10,11,12). The van der Waals surface area contributed by atoms with E-state index in [1.54, 1.807) is 4.90 Å². The third-order valence-corrected chi connectivity index (χ3v) is 3.17. The van der Waals surface area contributed by atoms with E-state index in [9.17, 15) is 4.79 Å². The van der Waals surface area contributed by atoms with Crippen LogP contribution in [0.2, 0.25) is 0 Å². The average Bonchev–Trinajstić information content (AvgIpc) is 2.71. The zero-order valence-electron chi connectivity index (χ0n) is 7.83. The molecule has 1 aromatic rings. The van der Waals surface area contributed by atoms with Crippen molar-refractivity contribution in [2.24, 2.45) is 5.92 Å². The van der Waals surface area contributed by atoms with E-state index in [0.29, 0.717) is 24.8 Å². The number of aromatic amines is 1. The molecular weight excluding hydrogens is 248 g/mol. The molecular formula is C8H11BrN4O. The molecule has 1 aliphatic heterocycles. The van der Waals surface area contributed by atoms with Crippen molar-refractivity contribution < 1.29 is 4.79 Å². The first-order valence-electron chi connectivity index (χ1n) is 4.46. The molecule has 0 aliphatic carbocycles. The summed E-state index contributed by atoms with van der Waals surface area (Å²) in [6.07, 6.45) is 0.582. The predicted molar refractivity (Wildman–Crippen MR) is 55.4 cm³/mol. The molecule has 1 aliphatic rings. The van der Waals surface area contributed by atoms with Crippen LogP contribution in [0.15, 0.2) is 0 Å². The number of H-pyrrole nitrogens is 1. The van der Waals surface area contributed by atoms with Crippen LogP contribution in [0, 0.1) is 12.8 Å². The number of anilines is 1. The Kier molecular flexibility index (Phi) is 2.54. The molecule has 5 nitrogen and oxygen atoms in total. The summed E-state index contributed by atoms with van der Waals surface area (Å²) in [7, 11) is 0. The van der Waals surface area contributed by atoms with Gasteiger partial charge >= 0.3 is 0 Å². The Morgan fingerprint density at radius 3 is 3.00 bits per heavy atom. The minimum absolute atomic E-state index is 0.105. The van der Waals surface area contributed by atoms with E-state index in [1.165, 1.54) is 0 Å². The van der Waals surface area contributed by atoms with Crippen molar-refractivity contribution in [1.29, 1.82) is 0 Å². The fraction of sp³-hybridized carbons (Fsp3) is 0.625. The lowest BCUT2D eigenvalue weighted by atomic mass is 10.2. The zero-order valence-corrected chi connectivity index (χ0v) is 9.41. The predicted octanol–water partition coefficient (Wildman–Crippen LogP) is 0.861. The van der Waals surface area contributed by atoms with Crippen LogP contribution in [0.1, 0.15) is 12.2 Å². The Labute approximate surface area is 90.0 Å². The number of halogens is 1. The highest BCUT2D eigenvalue weighted by atomic mass is 79.9. The maximum absolute atomic E-state index is 11.6. The van der Waals surface area contributed by atoms with Gasteiger partial charge in [0.1, 0.15) is 5.82 Å². The summed E-state index contributed by atoms with van der Waals surface area (Å²) < 4.78 is 0. The lowest BCUT2D eigenvalue weighted by molar-refractivity contribution is -0.117. The zero-order chi connectivity index (χ0) is 10.1. The van der Waals surface area contributed by atoms with E-state index in [1.807, 2.05) is 6.92 Å². The van der Waals surface area contributed by atoms with Gasteiger partial charge in [-0.1, -0.05) is 15.9 Å². The van der Waals surface area contributed by atoms with E-state index in [-0.39, 0.29) is 5.91 Å². The second-order valence-electron chi connectivity index (χ2n) is 3.45. The maximum Gasteiger partial charge on any atom is 0.251 e. The van der Waals surface area contributed by atoms with Crippen LogP contribution in [-0.4, -0.2) is 33.0 Å². The highest BCUT2D eigenvalue weighted by Gasteiger charge is 2.31. The number of rotatable bonds is 2.